The molecule has 0 atom stereocenters. The largest absolute Gasteiger partial charge is 0.490 e. The Balaban J connectivity index is 1.45. The number of allylic oxidation sites excluding steroid dienone is 3. The first-order valence-corrected chi connectivity index (χ1v) is 13.4. The molecule has 10 heteroatoms. The predicted molar refractivity (Wildman–Crippen MR) is 147 cm³/mol. The van der Waals surface area contributed by atoms with Crippen molar-refractivity contribution >= 4 is 23.3 Å². The summed E-state index contributed by atoms with van der Waals surface area (Å²) in [4.78, 5) is 25.2. The number of morpholine rings is 1. The Labute approximate surface area is 236 Å². The van der Waals surface area contributed by atoms with Gasteiger partial charge in [-0.05, 0) is 79.4 Å². The number of aliphatic carboxylic acids is 1. The minimum absolute atomic E-state index is 0.0501. The van der Waals surface area contributed by atoms with E-state index in [1.165, 1.54) is 10.5 Å². The molecule has 2 fully saturated rings. The molecule has 0 radical (unpaired) electrons. The second-order valence-electron chi connectivity index (χ2n) is 10.2. The summed E-state index contributed by atoms with van der Waals surface area (Å²) in [6.45, 7) is 5.91. The Morgan fingerprint density at radius 1 is 1.12 bits per heavy atom. The smallest absolute Gasteiger partial charge is 0.418 e. The number of carboxylic acids is 1. The fourth-order valence-corrected chi connectivity index (χ4v) is 5.42. The number of carbonyl (C=O) groups is 2. The molecule has 218 valence electrons. The fourth-order valence-electron chi connectivity index (χ4n) is 5.42. The molecule has 0 aromatic heterocycles. The zero-order chi connectivity index (χ0) is 29.7. The summed E-state index contributed by atoms with van der Waals surface area (Å²) < 4.78 is 60.3. The number of alkyl halides is 3. The van der Waals surface area contributed by atoms with Gasteiger partial charge in [-0.15, -0.1) is 0 Å². The van der Waals surface area contributed by atoms with Gasteiger partial charge in [-0.1, -0.05) is 43.0 Å². The van der Waals surface area contributed by atoms with Gasteiger partial charge in [-0.3, -0.25) is 9.69 Å². The van der Waals surface area contributed by atoms with Crippen molar-refractivity contribution in [2.75, 3.05) is 18.5 Å². The van der Waals surface area contributed by atoms with E-state index in [0.29, 0.717) is 29.0 Å². The summed E-state index contributed by atoms with van der Waals surface area (Å²) in [6.07, 6.45) is 2.27. The SMILES string of the molecule is C=C(C=C1OCCN(C(=O)Nc2c(F)cccc2C(F)(F)F)C1=CC)c1ccc(C2CCC(CC(=O)O)CC2)cc1. The van der Waals surface area contributed by atoms with Crippen LogP contribution in [0.2, 0.25) is 0 Å². The number of nitrogens with zero attached hydrogens (tertiary/aromatic N) is 1. The summed E-state index contributed by atoms with van der Waals surface area (Å²) in [7, 11) is 0. The van der Waals surface area contributed by atoms with E-state index in [9.17, 15) is 27.2 Å². The second kappa shape index (κ2) is 12.6. The monoisotopic (exact) mass is 572 g/mol. The van der Waals surface area contributed by atoms with Gasteiger partial charge in [0.2, 0.25) is 0 Å². The molecule has 1 heterocycles. The van der Waals surface area contributed by atoms with Crippen molar-refractivity contribution in [3.63, 3.8) is 0 Å². The number of rotatable bonds is 6. The number of anilines is 1. The van der Waals surface area contributed by atoms with Crippen molar-refractivity contribution < 1.29 is 37.0 Å². The maximum absolute atomic E-state index is 14.3. The van der Waals surface area contributed by atoms with Gasteiger partial charge in [0, 0.05) is 6.42 Å². The highest BCUT2D eigenvalue weighted by Gasteiger charge is 2.36. The van der Waals surface area contributed by atoms with Crippen LogP contribution in [0.3, 0.4) is 0 Å². The van der Waals surface area contributed by atoms with Gasteiger partial charge in [0.15, 0.2) is 0 Å². The number of nitrogens with one attached hydrogen (secondary N) is 1. The van der Waals surface area contributed by atoms with Gasteiger partial charge in [0.05, 0.1) is 23.5 Å². The Morgan fingerprint density at radius 2 is 1.80 bits per heavy atom. The van der Waals surface area contributed by atoms with Crippen LogP contribution in [-0.4, -0.2) is 35.2 Å². The average Bonchev–Trinajstić information content (AvgIpc) is 2.93. The molecule has 6 nitrogen and oxygen atoms in total. The predicted octanol–water partition coefficient (Wildman–Crippen LogP) is 7.96. The number of carboxylic acid groups (broad SMARTS) is 1. The van der Waals surface area contributed by atoms with Crippen molar-refractivity contribution in [2.45, 2.75) is 51.1 Å². The quantitative estimate of drug-likeness (QED) is 0.344. The van der Waals surface area contributed by atoms with Crippen LogP contribution >= 0.6 is 0 Å². The lowest BCUT2D eigenvalue weighted by atomic mass is 9.77. The number of amides is 2. The maximum atomic E-state index is 14.3. The number of urea groups is 1. The lowest BCUT2D eigenvalue weighted by molar-refractivity contribution is -0.138. The molecule has 1 aliphatic heterocycles. The van der Waals surface area contributed by atoms with E-state index in [0.717, 1.165) is 43.4 Å². The topological polar surface area (TPSA) is 78.9 Å². The van der Waals surface area contributed by atoms with Crippen LogP contribution in [0.5, 0.6) is 0 Å². The highest BCUT2D eigenvalue weighted by atomic mass is 19.4. The van der Waals surface area contributed by atoms with Crippen LogP contribution in [0.15, 0.2) is 72.7 Å². The molecule has 2 amide bonds. The van der Waals surface area contributed by atoms with Crippen molar-refractivity contribution in [3.05, 3.63) is 95.2 Å². The van der Waals surface area contributed by atoms with Crippen molar-refractivity contribution in [1.29, 1.82) is 0 Å². The fraction of sp³-hybridized carbons (Fsp3) is 0.355. The summed E-state index contributed by atoms with van der Waals surface area (Å²) in [6, 6.07) is 9.53. The molecule has 0 unspecified atom stereocenters. The van der Waals surface area contributed by atoms with Gasteiger partial charge in [0.25, 0.3) is 0 Å². The first-order valence-electron chi connectivity index (χ1n) is 13.4. The Morgan fingerprint density at radius 3 is 2.41 bits per heavy atom. The zero-order valence-corrected chi connectivity index (χ0v) is 22.6. The minimum Gasteiger partial charge on any atom is -0.490 e. The van der Waals surface area contributed by atoms with Gasteiger partial charge in [0.1, 0.15) is 18.2 Å². The van der Waals surface area contributed by atoms with Crippen molar-refractivity contribution in [3.8, 4) is 0 Å². The van der Waals surface area contributed by atoms with Crippen LogP contribution in [0, 0.1) is 11.7 Å². The van der Waals surface area contributed by atoms with E-state index < -0.39 is 35.2 Å². The van der Waals surface area contributed by atoms with E-state index in [4.69, 9.17) is 9.84 Å². The van der Waals surface area contributed by atoms with E-state index >= 15 is 0 Å². The van der Waals surface area contributed by atoms with Gasteiger partial charge >= 0.3 is 18.2 Å². The molecule has 0 bridgehead atoms. The highest BCUT2D eigenvalue weighted by Crippen LogP contribution is 2.38. The Bertz CT molecular complexity index is 1360. The lowest BCUT2D eigenvalue weighted by Crippen LogP contribution is -2.41. The number of hydrogen-bond donors (Lipinski definition) is 2. The molecule has 2 aromatic rings. The highest BCUT2D eigenvalue weighted by molar-refractivity contribution is 5.92. The third-order valence-electron chi connectivity index (χ3n) is 7.55. The van der Waals surface area contributed by atoms with Gasteiger partial charge in [-0.25, -0.2) is 9.18 Å². The molecule has 2 aromatic carbocycles. The molecular formula is C31H32F4N2O4. The standard InChI is InChI=1S/C31H32F4N2O4/c1-3-26-27(41-16-15-37(26)30(40)36-29-24(31(33,34)35)5-4-6-25(29)32)17-19(2)21-11-13-23(14-12-21)22-9-7-20(8-10-22)18-28(38)39/h3-6,11-14,17,20,22H,2,7-10,15-16,18H2,1H3,(H,36,40)(H,38,39). The van der Waals surface area contributed by atoms with Crippen molar-refractivity contribution in [2.24, 2.45) is 5.92 Å². The number of hydrogen-bond acceptors (Lipinski definition) is 3. The van der Waals surface area contributed by atoms with Crippen LogP contribution < -0.4 is 5.32 Å². The Kier molecular flexibility index (Phi) is 9.20. The van der Waals surface area contributed by atoms with Crippen LogP contribution in [0.1, 0.15) is 61.6 Å². The number of para-hydroxylation sites is 1. The molecule has 2 aliphatic rings. The lowest BCUT2D eigenvalue weighted by Gasteiger charge is -2.32. The number of carbonyl (C=O) groups excluding carboxylic acids is 1. The van der Waals surface area contributed by atoms with Crippen LogP contribution in [0.4, 0.5) is 28.0 Å². The summed E-state index contributed by atoms with van der Waals surface area (Å²) >= 11 is 0. The molecule has 1 saturated carbocycles. The van der Waals surface area contributed by atoms with Gasteiger partial charge < -0.3 is 15.2 Å². The summed E-state index contributed by atoms with van der Waals surface area (Å²) in [5, 5.41) is 11.1. The third kappa shape index (κ3) is 7.17. The van der Waals surface area contributed by atoms with E-state index in [1.807, 2.05) is 24.3 Å². The molecule has 41 heavy (non-hydrogen) atoms. The maximum Gasteiger partial charge on any atom is 0.418 e. The number of benzene rings is 2. The zero-order valence-electron chi connectivity index (χ0n) is 22.6. The molecule has 1 aliphatic carbocycles. The number of ether oxygens (including phenoxy) is 1. The second-order valence-corrected chi connectivity index (χ2v) is 10.2. The third-order valence-corrected chi connectivity index (χ3v) is 7.55. The molecular weight excluding hydrogens is 540 g/mol. The van der Waals surface area contributed by atoms with Crippen molar-refractivity contribution in [1.82, 2.24) is 4.90 Å². The first kappa shape index (κ1) is 29.9. The molecule has 1 saturated heterocycles. The normalized spacial score (nSPS) is 21.4. The van der Waals surface area contributed by atoms with Crippen LogP contribution in [-0.2, 0) is 15.7 Å². The van der Waals surface area contributed by atoms with E-state index in [-0.39, 0.29) is 25.5 Å². The van der Waals surface area contributed by atoms with E-state index in [1.54, 1.807) is 19.1 Å². The average molecular weight is 573 g/mol. The Hall–Kier alpha value is -4.08. The summed E-state index contributed by atoms with van der Waals surface area (Å²) in [5.41, 5.74) is 0.712. The van der Waals surface area contributed by atoms with E-state index in [2.05, 4.69) is 11.9 Å². The molecule has 0 spiro atoms. The van der Waals surface area contributed by atoms with Gasteiger partial charge in [-0.2, -0.15) is 13.2 Å². The summed E-state index contributed by atoms with van der Waals surface area (Å²) in [5.74, 6) is -1.03. The molecule has 2 N–H and O–H groups in total. The first-order chi connectivity index (χ1) is 19.5. The molecule has 4 rings (SSSR count). The van der Waals surface area contributed by atoms with Crippen LogP contribution in [0.25, 0.3) is 5.57 Å². The number of halogens is 4. The minimum atomic E-state index is -4.85.